The van der Waals surface area contributed by atoms with E-state index in [2.05, 4.69) is 5.32 Å². The number of carboxylic acid groups (broad SMARTS) is 1. The predicted molar refractivity (Wildman–Crippen MR) is 78.4 cm³/mol. The molecule has 2 rings (SSSR count). The smallest absolute Gasteiger partial charge is 0.330 e. The minimum Gasteiger partial charge on any atom is -0.494 e. The molecule has 2 N–H and O–H groups in total. The Bertz CT molecular complexity index is 646. The number of nitrogens with one attached hydrogen (secondary N) is 1. The van der Waals surface area contributed by atoms with Crippen molar-refractivity contribution in [2.75, 3.05) is 12.4 Å². The standard InChI is InChI=1S/C15H13ClFNO3/c1-21-13-7-2-9(8-12(13)17)14(15(19)20)18-11-5-3-10(16)4-6-11/h2-8,14,18H,1H3,(H,19,20). The number of carboxylic acids is 1. The highest BCUT2D eigenvalue weighted by Crippen LogP contribution is 2.25. The Morgan fingerprint density at radius 2 is 1.95 bits per heavy atom. The predicted octanol–water partition coefficient (Wildman–Crippen LogP) is 3.73. The summed E-state index contributed by atoms with van der Waals surface area (Å²) in [5, 5.41) is 12.7. The van der Waals surface area contributed by atoms with E-state index >= 15 is 0 Å². The van der Waals surface area contributed by atoms with Gasteiger partial charge in [0.05, 0.1) is 7.11 Å². The SMILES string of the molecule is COc1ccc(C(Nc2ccc(Cl)cc2)C(=O)O)cc1F. The van der Waals surface area contributed by atoms with E-state index < -0.39 is 17.8 Å². The van der Waals surface area contributed by atoms with Gasteiger partial charge < -0.3 is 15.2 Å². The molecule has 0 amide bonds. The molecule has 21 heavy (non-hydrogen) atoms. The summed E-state index contributed by atoms with van der Waals surface area (Å²) >= 11 is 5.77. The summed E-state index contributed by atoms with van der Waals surface area (Å²) in [5.74, 6) is -1.66. The van der Waals surface area contributed by atoms with Crippen LogP contribution >= 0.6 is 11.6 Å². The van der Waals surface area contributed by atoms with Gasteiger partial charge in [0.25, 0.3) is 0 Å². The molecule has 0 saturated carbocycles. The second kappa shape index (κ2) is 6.45. The van der Waals surface area contributed by atoms with Crippen LogP contribution in [0.2, 0.25) is 5.02 Å². The molecule has 0 spiro atoms. The molecule has 110 valence electrons. The number of halogens is 2. The van der Waals surface area contributed by atoms with Crippen molar-refractivity contribution in [3.63, 3.8) is 0 Å². The van der Waals surface area contributed by atoms with Gasteiger partial charge in [0.15, 0.2) is 17.6 Å². The van der Waals surface area contributed by atoms with Gasteiger partial charge in [-0.15, -0.1) is 0 Å². The monoisotopic (exact) mass is 309 g/mol. The van der Waals surface area contributed by atoms with E-state index in [0.29, 0.717) is 10.7 Å². The van der Waals surface area contributed by atoms with Crippen LogP contribution in [0, 0.1) is 5.82 Å². The molecule has 0 aliphatic carbocycles. The first kappa shape index (κ1) is 15.1. The maximum Gasteiger partial charge on any atom is 0.330 e. The number of hydrogen-bond donors (Lipinski definition) is 2. The lowest BCUT2D eigenvalue weighted by atomic mass is 10.1. The van der Waals surface area contributed by atoms with Crippen LogP contribution in [0.5, 0.6) is 5.75 Å². The van der Waals surface area contributed by atoms with Gasteiger partial charge in [-0.2, -0.15) is 0 Å². The van der Waals surface area contributed by atoms with E-state index in [-0.39, 0.29) is 11.3 Å². The van der Waals surface area contributed by atoms with Gasteiger partial charge in [-0.25, -0.2) is 9.18 Å². The lowest BCUT2D eigenvalue weighted by Gasteiger charge is -2.17. The van der Waals surface area contributed by atoms with E-state index in [1.54, 1.807) is 24.3 Å². The van der Waals surface area contributed by atoms with Crippen LogP contribution in [0.3, 0.4) is 0 Å². The van der Waals surface area contributed by atoms with Gasteiger partial charge in [0.2, 0.25) is 0 Å². The number of anilines is 1. The van der Waals surface area contributed by atoms with Gasteiger partial charge in [-0.3, -0.25) is 0 Å². The molecule has 6 heteroatoms. The third-order valence-corrected chi connectivity index (χ3v) is 3.16. The van der Waals surface area contributed by atoms with Crippen molar-refractivity contribution in [3.05, 3.63) is 58.9 Å². The average Bonchev–Trinajstić information content (AvgIpc) is 2.46. The number of hydrogen-bond acceptors (Lipinski definition) is 3. The van der Waals surface area contributed by atoms with Crippen LogP contribution in [-0.2, 0) is 4.79 Å². The van der Waals surface area contributed by atoms with Crippen LogP contribution in [-0.4, -0.2) is 18.2 Å². The summed E-state index contributed by atoms with van der Waals surface area (Å²) in [5.41, 5.74) is 0.860. The highest BCUT2D eigenvalue weighted by molar-refractivity contribution is 6.30. The molecular formula is C15H13ClFNO3. The molecule has 0 heterocycles. The summed E-state index contributed by atoms with van der Waals surface area (Å²) < 4.78 is 18.5. The second-order valence-corrected chi connectivity index (χ2v) is 4.75. The molecule has 0 bridgehead atoms. The third-order valence-electron chi connectivity index (χ3n) is 2.91. The average molecular weight is 310 g/mol. The first-order chi connectivity index (χ1) is 10.0. The molecule has 2 aromatic rings. The van der Waals surface area contributed by atoms with E-state index in [9.17, 15) is 14.3 Å². The minimum atomic E-state index is -1.12. The lowest BCUT2D eigenvalue weighted by Crippen LogP contribution is -2.20. The molecule has 0 radical (unpaired) electrons. The Labute approximate surface area is 126 Å². The largest absolute Gasteiger partial charge is 0.494 e. The summed E-state index contributed by atoms with van der Waals surface area (Å²) in [6, 6.07) is 9.53. The summed E-state index contributed by atoms with van der Waals surface area (Å²) in [4.78, 5) is 11.4. The molecule has 1 unspecified atom stereocenters. The first-order valence-corrected chi connectivity index (χ1v) is 6.47. The zero-order valence-corrected chi connectivity index (χ0v) is 11.9. The Balaban J connectivity index is 2.28. The van der Waals surface area contributed by atoms with Crippen molar-refractivity contribution in [2.45, 2.75) is 6.04 Å². The topological polar surface area (TPSA) is 58.6 Å². The maximum atomic E-state index is 13.7. The van der Waals surface area contributed by atoms with Gasteiger partial charge >= 0.3 is 5.97 Å². The number of aliphatic carboxylic acids is 1. The van der Waals surface area contributed by atoms with Crippen LogP contribution in [0.25, 0.3) is 0 Å². The Morgan fingerprint density at radius 3 is 2.48 bits per heavy atom. The zero-order chi connectivity index (χ0) is 15.4. The van der Waals surface area contributed by atoms with Gasteiger partial charge in [0.1, 0.15) is 0 Å². The summed E-state index contributed by atoms with van der Waals surface area (Å²) in [7, 11) is 1.35. The maximum absolute atomic E-state index is 13.7. The Morgan fingerprint density at radius 1 is 1.29 bits per heavy atom. The number of ether oxygens (including phenoxy) is 1. The van der Waals surface area contributed by atoms with Crippen molar-refractivity contribution in [3.8, 4) is 5.75 Å². The van der Waals surface area contributed by atoms with Crippen LogP contribution < -0.4 is 10.1 Å². The van der Waals surface area contributed by atoms with Gasteiger partial charge in [-0.05, 0) is 42.0 Å². The number of rotatable bonds is 5. The third kappa shape index (κ3) is 3.64. The fourth-order valence-electron chi connectivity index (χ4n) is 1.86. The highest BCUT2D eigenvalue weighted by atomic mass is 35.5. The van der Waals surface area contributed by atoms with Crippen molar-refractivity contribution in [1.29, 1.82) is 0 Å². The fraction of sp³-hybridized carbons (Fsp3) is 0.133. The molecule has 4 nitrogen and oxygen atoms in total. The van der Waals surface area contributed by atoms with Crippen LogP contribution in [0.4, 0.5) is 10.1 Å². The Hall–Kier alpha value is -2.27. The zero-order valence-electron chi connectivity index (χ0n) is 11.1. The molecular weight excluding hydrogens is 297 g/mol. The van der Waals surface area contributed by atoms with E-state index in [1.807, 2.05) is 0 Å². The molecule has 1 atom stereocenters. The van der Waals surface area contributed by atoms with Crippen molar-refractivity contribution < 1.29 is 19.0 Å². The summed E-state index contributed by atoms with van der Waals surface area (Å²) in [6.07, 6.45) is 0. The molecule has 0 fully saturated rings. The summed E-state index contributed by atoms with van der Waals surface area (Å²) in [6.45, 7) is 0. The molecule has 0 aromatic heterocycles. The molecule has 2 aromatic carbocycles. The molecule has 0 saturated heterocycles. The lowest BCUT2D eigenvalue weighted by molar-refractivity contribution is -0.138. The first-order valence-electron chi connectivity index (χ1n) is 6.09. The van der Waals surface area contributed by atoms with Gasteiger partial charge in [0, 0.05) is 10.7 Å². The van der Waals surface area contributed by atoms with E-state index in [4.69, 9.17) is 16.3 Å². The van der Waals surface area contributed by atoms with Crippen molar-refractivity contribution >= 4 is 23.3 Å². The highest BCUT2D eigenvalue weighted by Gasteiger charge is 2.21. The normalized spacial score (nSPS) is 11.8. The molecule has 0 aliphatic heterocycles. The Kier molecular flexibility index (Phi) is 4.65. The molecule has 0 aliphatic rings. The fourth-order valence-corrected chi connectivity index (χ4v) is 1.99. The van der Waals surface area contributed by atoms with E-state index in [0.717, 1.165) is 6.07 Å². The number of benzene rings is 2. The van der Waals surface area contributed by atoms with Gasteiger partial charge in [-0.1, -0.05) is 17.7 Å². The quantitative estimate of drug-likeness (QED) is 0.883. The van der Waals surface area contributed by atoms with Crippen LogP contribution in [0.1, 0.15) is 11.6 Å². The number of carbonyl (C=O) groups is 1. The second-order valence-electron chi connectivity index (χ2n) is 4.32. The van der Waals surface area contributed by atoms with Crippen LogP contribution in [0.15, 0.2) is 42.5 Å². The van der Waals surface area contributed by atoms with Crippen molar-refractivity contribution in [1.82, 2.24) is 0 Å². The number of methoxy groups -OCH3 is 1. The minimum absolute atomic E-state index is 0.0642. The van der Waals surface area contributed by atoms with E-state index in [1.165, 1.54) is 19.2 Å². The van der Waals surface area contributed by atoms with Crippen molar-refractivity contribution in [2.24, 2.45) is 0 Å².